The molecule has 0 radical (unpaired) electrons. The predicted octanol–water partition coefficient (Wildman–Crippen LogP) is 1.74. The third-order valence-electron chi connectivity index (χ3n) is 4.33. The fourth-order valence-corrected chi connectivity index (χ4v) is 4.90. The molecule has 0 bridgehead atoms. The molecule has 0 spiro atoms. The van der Waals surface area contributed by atoms with Crippen LogP contribution in [0.4, 0.5) is 4.39 Å². The lowest BCUT2D eigenvalue weighted by atomic mass is 10.1. The van der Waals surface area contributed by atoms with Gasteiger partial charge in [0.2, 0.25) is 10.0 Å². The van der Waals surface area contributed by atoms with Crippen LogP contribution in [0, 0.1) is 5.82 Å². The fourth-order valence-electron chi connectivity index (χ4n) is 3.01. The maximum atomic E-state index is 13.4. The van der Waals surface area contributed by atoms with E-state index in [2.05, 4.69) is 7.05 Å². The maximum Gasteiger partial charge on any atom is 0.244 e. The van der Waals surface area contributed by atoms with E-state index in [1.807, 2.05) is 30.3 Å². The third kappa shape index (κ3) is 3.32. The first-order valence-electron chi connectivity index (χ1n) is 7.73. The minimum Gasteiger partial charge on any atom is -0.335 e. The number of benzene rings is 2. The molecule has 128 valence electrons. The Bertz CT molecular complexity index is 830. The molecule has 1 aliphatic heterocycles. The van der Waals surface area contributed by atoms with Gasteiger partial charge in [-0.3, -0.25) is 0 Å². The second-order valence-corrected chi connectivity index (χ2v) is 8.33. The van der Waals surface area contributed by atoms with E-state index in [1.54, 1.807) is 0 Å². The average Bonchev–Trinajstić information content (AvgIpc) is 2.57. The lowest BCUT2D eigenvalue weighted by molar-refractivity contribution is -0.887. The van der Waals surface area contributed by atoms with Crippen LogP contribution in [0.1, 0.15) is 11.6 Å². The van der Waals surface area contributed by atoms with Crippen molar-refractivity contribution < 1.29 is 17.7 Å². The molecule has 7 heteroatoms. The van der Waals surface area contributed by atoms with E-state index in [9.17, 15) is 12.8 Å². The quantitative estimate of drug-likeness (QED) is 0.895. The minimum atomic E-state index is -3.75. The third-order valence-corrected chi connectivity index (χ3v) is 6.52. The van der Waals surface area contributed by atoms with Crippen molar-refractivity contribution in [3.8, 4) is 0 Å². The summed E-state index contributed by atoms with van der Waals surface area (Å²) < 4.78 is 41.0. The van der Waals surface area contributed by atoms with Crippen molar-refractivity contribution in [2.45, 2.75) is 10.9 Å². The monoisotopic (exact) mass is 369 g/mol. The van der Waals surface area contributed by atoms with Gasteiger partial charge in [-0.2, -0.15) is 4.31 Å². The van der Waals surface area contributed by atoms with E-state index < -0.39 is 15.8 Å². The van der Waals surface area contributed by atoms with Gasteiger partial charge in [-0.05, 0) is 23.8 Å². The van der Waals surface area contributed by atoms with Crippen LogP contribution in [0.3, 0.4) is 0 Å². The topological polar surface area (TPSA) is 41.8 Å². The molecule has 0 aliphatic carbocycles. The summed E-state index contributed by atoms with van der Waals surface area (Å²) in [5, 5.41) is -0.188. The highest BCUT2D eigenvalue weighted by Gasteiger charge is 2.38. The van der Waals surface area contributed by atoms with E-state index in [-0.39, 0.29) is 16.0 Å². The number of sulfonamides is 1. The van der Waals surface area contributed by atoms with Gasteiger partial charge in [0.15, 0.2) is 0 Å². The number of nitrogens with one attached hydrogen (secondary N) is 1. The molecular formula is C17H19ClFN2O2S+. The van der Waals surface area contributed by atoms with Crippen LogP contribution in [0.15, 0.2) is 53.4 Å². The Labute approximate surface area is 146 Å². The summed E-state index contributed by atoms with van der Waals surface area (Å²) in [5.41, 5.74) is 0.952. The first kappa shape index (κ1) is 17.4. The zero-order chi connectivity index (χ0) is 17.3. The summed E-state index contributed by atoms with van der Waals surface area (Å²) in [6.07, 6.45) is 0. The average molecular weight is 370 g/mol. The molecule has 0 saturated carbocycles. The summed E-state index contributed by atoms with van der Waals surface area (Å²) in [6.45, 7) is 1.80. The summed E-state index contributed by atoms with van der Waals surface area (Å²) in [7, 11) is -1.70. The Morgan fingerprint density at radius 2 is 1.92 bits per heavy atom. The molecule has 2 aromatic rings. The molecule has 0 aromatic heterocycles. The van der Waals surface area contributed by atoms with Gasteiger partial charge in [-0.25, -0.2) is 12.8 Å². The maximum absolute atomic E-state index is 13.4. The van der Waals surface area contributed by atoms with Crippen molar-refractivity contribution in [2.75, 3.05) is 26.7 Å². The number of quaternary nitrogens is 1. The largest absolute Gasteiger partial charge is 0.335 e. The molecule has 1 heterocycles. The summed E-state index contributed by atoms with van der Waals surface area (Å²) >= 11 is 5.77. The van der Waals surface area contributed by atoms with Gasteiger partial charge >= 0.3 is 0 Å². The highest BCUT2D eigenvalue weighted by atomic mass is 35.5. The Hall–Kier alpha value is -1.47. The first-order chi connectivity index (χ1) is 11.4. The highest BCUT2D eigenvalue weighted by molar-refractivity contribution is 7.89. The van der Waals surface area contributed by atoms with Crippen LogP contribution in [0.25, 0.3) is 0 Å². The van der Waals surface area contributed by atoms with E-state index in [4.69, 9.17) is 11.6 Å². The van der Waals surface area contributed by atoms with Gasteiger partial charge in [-0.15, -0.1) is 0 Å². The molecule has 0 amide bonds. The van der Waals surface area contributed by atoms with Gasteiger partial charge in [0.25, 0.3) is 0 Å². The number of rotatable bonds is 3. The molecule has 2 atom stereocenters. The predicted molar refractivity (Wildman–Crippen MR) is 91.1 cm³/mol. The lowest BCUT2D eigenvalue weighted by Gasteiger charge is -2.37. The van der Waals surface area contributed by atoms with Crippen LogP contribution in [0.5, 0.6) is 0 Å². The van der Waals surface area contributed by atoms with Crippen LogP contribution in [0.2, 0.25) is 5.02 Å². The van der Waals surface area contributed by atoms with Crippen molar-refractivity contribution in [3.63, 3.8) is 0 Å². The smallest absolute Gasteiger partial charge is 0.244 e. The van der Waals surface area contributed by atoms with Crippen LogP contribution < -0.4 is 4.90 Å². The molecular weight excluding hydrogens is 351 g/mol. The first-order valence-corrected chi connectivity index (χ1v) is 9.54. The van der Waals surface area contributed by atoms with Gasteiger partial charge in [0, 0.05) is 0 Å². The number of piperazine rings is 1. The van der Waals surface area contributed by atoms with Crippen LogP contribution >= 0.6 is 11.6 Å². The van der Waals surface area contributed by atoms with Crippen molar-refractivity contribution >= 4 is 21.6 Å². The Balaban J connectivity index is 2.02. The molecule has 1 unspecified atom stereocenters. The zero-order valence-electron chi connectivity index (χ0n) is 13.2. The van der Waals surface area contributed by atoms with Crippen molar-refractivity contribution in [2.24, 2.45) is 0 Å². The SMILES string of the molecule is C[NH+]1CCN(S(=O)(=O)c2ccc(F)c(Cl)c2)[C@H](c2ccccc2)C1. The van der Waals surface area contributed by atoms with E-state index >= 15 is 0 Å². The number of likely N-dealkylation sites (N-methyl/N-ethyl adjacent to an activating group) is 1. The molecule has 4 nitrogen and oxygen atoms in total. The molecule has 1 saturated heterocycles. The van der Waals surface area contributed by atoms with Gasteiger partial charge in [0.05, 0.1) is 42.6 Å². The standard InChI is InChI=1S/C17H18ClFN2O2S/c1-20-9-10-21(17(12-20)13-5-3-2-4-6-13)24(22,23)14-7-8-16(19)15(18)11-14/h2-8,11,17H,9-10,12H2,1H3/p+1/t17-/m0/s1. The van der Waals surface area contributed by atoms with Crippen molar-refractivity contribution in [1.29, 1.82) is 0 Å². The number of nitrogens with zero attached hydrogens (tertiary/aromatic N) is 1. The van der Waals surface area contributed by atoms with Crippen molar-refractivity contribution in [1.82, 2.24) is 4.31 Å². The van der Waals surface area contributed by atoms with Crippen molar-refractivity contribution in [3.05, 3.63) is 64.9 Å². The number of hydrogen-bond acceptors (Lipinski definition) is 2. The Morgan fingerprint density at radius 1 is 1.21 bits per heavy atom. The minimum absolute atomic E-state index is 0.0226. The van der Waals surface area contributed by atoms with Gasteiger partial charge in [0.1, 0.15) is 5.82 Å². The van der Waals surface area contributed by atoms with E-state index in [0.29, 0.717) is 13.1 Å². The molecule has 1 N–H and O–H groups in total. The molecule has 2 aromatic carbocycles. The van der Waals surface area contributed by atoms with Gasteiger partial charge < -0.3 is 4.90 Å². The van der Waals surface area contributed by atoms with Crippen LogP contribution in [-0.2, 0) is 10.0 Å². The highest BCUT2D eigenvalue weighted by Crippen LogP contribution is 2.29. The zero-order valence-corrected chi connectivity index (χ0v) is 14.8. The van der Waals surface area contributed by atoms with Gasteiger partial charge in [-0.1, -0.05) is 41.9 Å². The second-order valence-electron chi connectivity index (χ2n) is 6.03. The van der Waals surface area contributed by atoms with E-state index in [1.165, 1.54) is 21.3 Å². The molecule has 1 fully saturated rings. The summed E-state index contributed by atoms with van der Waals surface area (Å²) in [4.78, 5) is 1.29. The second kappa shape index (κ2) is 6.80. The Morgan fingerprint density at radius 3 is 2.58 bits per heavy atom. The molecule has 24 heavy (non-hydrogen) atoms. The lowest BCUT2D eigenvalue weighted by Crippen LogP contribution is -3.12. The Kier molecular flexibility index (Phi) is 4.92. The normalized spacial score (nSPS) is 22.5. The van der Waals surface area contributed by atoms with Crippen LogP contribution in [-0.4, -0.2) is 39.4 Å². The van der Waals surface area contributed by atoms with E-state index in [0.717, 1.165) is 18.2 Å². The summed E-state index contributed by atoms with van der Waals surface area (Å²) in [6, 6.07) is 12.9. The fraction of sp³-hybridized carbons (Fsp3) is 0.294. The summed E-state index contributed by atoms with van der Waals surface area (Å²) in [5.74, 6) is -0.627. The number of halogens is 2. The molecule has 1 aliphatic rings. The number of hydrogen-bond donors (Lipinski definition) is 1. The molecule has 3 rings (SSSR count).